The van der Waals surface area contributed by atoms with Crippen molar-refractivity contribution in [2.45, 2.75) is 31.8 Å². The molecule has 0 spiro atoms. The quantitative estimate of drug-likeness (QED) is 0.760. The molecule has 0 radical (unpaired) electrons. The van der Waals surface area contributed by atoms with E-state index >= 15 is 0 Å². The Bertz CT molecular complexity index is 968. The van der Waals surface area contributed by atoms with E-state index in [2.05, 4.69) is 9.46 Å². The normalized spacial score (nSPS) is 12.1. The van der Waals surface area contributed by atoms with Gasteiger partial charge in [-0.05, 0) is 56.2 Å². The van der Waals surface area contributed by atoms with Crippen LogP contribution in [0.5, 0.6) is 0 Å². The smallest absolute Gasteiger partial charge is 0.346 e. The predicted molar refractivity (Wildman–Crippen MR) is 100 cm³/mol. The van der Waals surface area contributed by atoms with Gasteiger partial charge in [0.15, 0.2) is 6.10 Å². The van der Waals surface area contributed by atoms with Crippen LogP contribution in [0.3, 0.4) is 0 Å². The van der Waals surface area contributed by atoms with Gasteiger partial charge in [0.25, 0.3) is 10.0 Å². The van der Waals surface area contributed by atoms with Gasteiger partial charge in [-0.3, -0.25) is 4.72 Å². The highest BCUT2D eigenvalue weighted by Gasteiger charge is 2.21. The average molecular weight is 391 g/mol. The van der Waals surface area contributed by atoms with Gasteiger partial charge in [-0.25, -0.2) is 18.0 Å². The summed E-state index contributed by atoms with van der Waals surface area (Å²) in [6, 6.07) is 11.0. The highest BCUT2D eigenvalue weighted by Crippen LogP contribution is 2.21. The van der Waals surface area contributed by atoms with E-state index in [1.165, 1.54) is 38.3 Å². The SMILES string of the molecule is COC(=O)[C@@H](C)OC(=O)c1cccc(NS(=O)(=O)c2cc(C)ccc2C)c1. The number of benzene rings is 2. The predicted octanol–water partition coefficient (Wildman–Crippen LogP) is 2.82. The topological polar surface area (TPSA) is 98.8 Å². The van der Waals surface area contributed by atoms with Gasteiger partial charge < -0.3 is 9.47 Å². The fraction of sp³-hybridized carbons (Fsp3) is 0.263. The molecule has 1 N–H and O–H groups in total. The van der Waals surface area contributed by atoms with E-state index in [0.717, 1.165) is 5.56 Å². The molecule has 0 aliphatic rings. The summed E-state index contributed by atoms with van der Waals surface area (Å²) in [5.41, 5.74) is 1.73. The van der Waals surface area contributed by atoms with Gasteiger partial charge in [-0.15, -0.1) is 0 Å². The molecule has 0 aliphatic carbocycles. The van der Waals surface area contributed by atoms with E-state index in [9.17, 15) is 18.0 Å². The lowest BCUT2D eigenvalue weighted by atomic mass is 10.2. The molecule has 0 bridgehead atoms. The van der Waals surface area contributed by atoms with Crippen LogP contribution in [0.15, 0.2) is 47.4 Å². The summed E-state index contributed by atoms with van der Waals surface area (Å²) in [6.07, 6.45) is -1.07. The molecule has 0 aromatic heterocycles. The molecule has 27 heavy (non-hydrogen) atoms. The van der Waals surface area contributed by atoms with Gasteiger partial charge in [-0.1, -0.05) is 18.2 Å². The van der Waals surface area contributed by atoms with Crippen LogP contribution < -0.4 is 4.72 Å². The number of aryl methyl sites for hydroxylation is 2. The fourth-order valence-electron chi connectivity index (χ4n) is 2.36. The first-order valence-electron chi connectivity index (χ1n) is 8.13. The second-order valence-electron chi connectivity index (χ2n) is 6.03. The van der Waals surface area contributed by atoms with Crippen molar-refractivity contribution in [2.24, 2.45) is 0 Å². The first kappa shape index (κ1) is 20.4. The third-order valence-electron chi connectivity index (χ3n) is 3.80. The summed E-state index contributed by atoms with van der Waals surface area (Å²) in [5, 5.41) is 0. The van der Waals surface area contributed by atoms with Crippen LogP contribution in [0, 0.1) is 13.8 Å². The van der Waals surface area contributed by atoms with E-state index in [4.69, 9.17) is 4.74 Å². The Balaban J connectivity index is 2.23. The molecule has 0 fully saturated rings. The number of anilines is 1. The molecule has 0 unspecified atom stereocenters. The zero-order valence-electron chi connectivity index (χ0n) is 15.5. The Morgan fingerprint density at radius 2 is 1.78 bits per heavy atom. The maximum atomic E-state index is 12.7. The van der Waals surface area contributed by atoms with Crippen LogP contribution in [0.1, 0.15) is 28.4 Å². The van der Waals surface area contributed by atoms with Crippen molar-refractivity contribution >= 4 is 27.6 Å². The summed E-state index contributed by atoms with van der Waals surface area (Å²) in [6.45, 7) is 4.89. The Hall–Kier alpha value is -2.87. The Morgan fingerprint density at radius 3 is 2.44 bits per heavy atom. The van der Waals surface area contributed by atoms with Crippen LogP contribution in [0.2, 0.25) is 0 Å². The van der Waals surface area contributed by atoms with Crippen molar-refractivity contribution in [1.29, 1.82) is 0 Å². The zero-order chi connectivity index (χ0) is 20.2. The molecule has 0 amide bonds. The van der Waals surface area contributed by atoms with E-state index in [0.29, 0.717) is 5.56 Å². The number of carbonyl (C=O) groups excluding carboxylic acids is 2. The lowest BCUT2D eigenvalue weighted by Gasteiger charge is -2.13. The van der Waals surface area contributed by atoms with Crippen LogP contribution in [-0.4, -0.2) is 33.6 Å². The van der Waals surface area contributed by atoms with Gasteiger partial charge in [0, 0.05) is 5.69 Å². The summed E-state index contributed by atoms with van der Waals surface area (Å²) in [7, 11) is -2.64. The van der Waals surface area contributed by atoms with E-state index < -0.39 is 28.1 Å². The summed E-state index contributed by atoms with van der Waals surface area (Å²) in [5.74, 6) is -1.45. The van der Waals surface area contributed by atoms with Crippen LogP contribution in [0.25, 0.3) is 0 Å². The molecule has 2 aromatic rings. The third kappa shape index (κ3) is 5.07. The molecule has 144 valence electrons. The first-order valence-corrected chi connectivity index (χ1v) is 9.61. The lowest BCUT2D eigenvalue weighted by Crippen LogP contribution is -2.25. The van der Waals surface area contributed by atoms with Crippen molar-refractivity contribution in [2.75, 3.05) is 11.8 Å². The highest BCUT2D eigenvalue weighted by atomic mass is 32.2. The lowest BCUT2D eigenvalue weighted by molar-refractivity contribution is -0.149. The molecular weight excluding hydrogens is 370 g/mol. The molecule has 0 saturated heterocycles. The van der Waals surface area contributed by atoms with Crippen LogP contribution in [-0.2, 0) is 24.3 Å². The van der Waals surface area contributed by atoms with Crippen molar-refractivity contribution < 1.29 is 27.5 Å². The van der Waals surface area contributed by atoms with Crippen molar-refractivity contribution in [3.63, 3.8) is 0 Å². The molecule has 1 atom stereocenters. The number of esters is 2. The minimum absolute atomic E-state index is 0.104. The average Bonchev–Trinajstić information content (AvgIpc) is 2.62. The zero-order valence-corrected chi connectivity index (χ0v) is 16.3. The van der Waals surface area contributed by atoms with Crippen LogP contribution >= 0.6 is 0 Å². The molecule has 8 heteroatoms. The maximum Gasteiger partial charge on any atom is 0.346 e. The van der Waals surface area contributed by atoms with Crippen molar-refractivity contribution in [1.82, 2.24) is 0 Å². The Labute approximate surface area is 158 Å². The van der Waals surface area contributed by atoms with Gasteiger partial charge in [-0.2, -0.15) is 0 Å². The molecule has 2 rings (SSSR count). The van der Waals surface area contributed by atoms with Crippen molar-refractivity contribution in [3.8, 4) is 0 Å². The number of methoxy groups -OCH3 is 1. The minimum Gasteiger partial charge on any atom is -0.466 e. The molecule has 2 aromatic carbocycles. The molecule has 0 saturated carbocycles. The molecule has 0 aliphatic heterocycles. The van der Waals surface area contributed by atoms with E-state index in [1.54, 1.807) is 26.0 Å². The number of ether oxygens (including phenoxy) is 2. The fourth-order valence-corrected chi connectivity index (χ4v) is 3.74. The monoisotopic (exact) mass is 391 g/mol. The number of hydrogen-bond acceptors (Lipinski definition) is 6. The van der Waals surface area contributed by atoms with Gasteiger partial charge in [0.1, 0.15) is 0 Å². The van der Waals surface area contributed by atoms with E-state index in [-0.39, 0.29) is 16.1 Å². The second-order valence-corrected chi connectivity index (χ2v) is 7.68. The number of sulfonamides is 1. The molecule has 0 heterocycles. The second kappa shape index (κ2) is 8.22. The number of carbonyl (C=O) groups is 2. The summed E-state index contributed by atoms with van der Waals surface area (Å²) >= 11 is 0. The van der Waals surface area contributed by atoms with Crippen molar-refractivity contribution in [3.05, 3.63) is 59.2 Å². The minimum atomic E-state index is -3.83. The maximum absolute atomic E-state index is 12.7. The molecule has 7 nitrogen and oxygen atoms in total. The van der Waals surface area contributed by atoms with E-state index in [1.807, 2.05) is 6.07 Å². The van der Waals surface area contributed by atoms with Gasteiger partial charge >= 0.3 is 11.9 Å². The molecular formula is C19H21NO6S. The van der Waals surface area contributed by atoms with Gasteiger partial charge in [0.05, 0.1) is 17.6 Å². The summed E-state index contributed by atoms with van der Waals surface area (Å²) in [4.78, 5) is 23.7. The largest absolute Gasteiger partial charge is 0.466 e. The highest BCUT2D eigenvalue weighted by molar-refractivity contribution is 7.92. The standard InChI is InChI=1S/C19H21NO6S/c1-12-8-9-13(2)17(10-12)27(23,24)20-16-7-5-6-15(11-16)19(22)26-14(3)18(21)25-4/h5-11,14,20H,1-4H3/t14-/m1/s1. The first-order chi connectivity index (χ1) is 12.6. The number of nitrogens with one attached hydrogen (secondary N) is 1. The third-order valence-corrected chi connectivity index (χ3v) is 5.32. The van der Waals surface area contributed by atoms with Gasteiger partial charge in [0.2, 0.25) is 0 Å². The summed E-state index contributed by atoms with van der Waals surface area (Å²) < 4.78 is 37.3. The number of rotatable bonds is 6. The number of hydrogen-bond donors (Lipinski definition) is 1. The Morgan fingerprint density at radius 1 is 1.07 bits per heavy atom. The van der Waals surface area contributed by atoms with Crippen LogP contribution in [0.4, 0.5) is 5.69 Å². The Kier molecular flexibility index (Phi) is 6.22.